The minimum Gasteiger partial charge on any atom is -0.421 e. The van der Waals surface area contributed by atoms with Crippen molar-refractivity contribution in [1.82, 2.24) is 0 Å². The first-order valence-corrected chi connectivity index (χ1v) is 9.66. The average Bonchev–Trinajstić information content (AvgIpc) is 3.19. The lowest BCUT2D eigenvalue weighted by atomic mass is 10.1. The number of hydrogen-bond donors (Lipinski definition) is 2. The highest BCUT2D eigenvalue weighted by atomic mass is 79.9. The van der Waals surface area contributed by atoms with Crippen molar-refractivity contribution < 1.29 is 13.6 Å². The summed E-state index contributed by atoms with van der Waals surface area (Å²) < 4.78 is 19.9. The van der Waals surface area contributed by atoms with E-state index in [0.717, 1.165) is 31.3 Å². The zero-order chi connectivity index (χ0) is 19.7. The molecule has 6 nitrogen and oxygen atoms in total. The van der Waals surface area contributed by atoms with E-state index in [0.29, 0.717) is 15.7 Å². The SMILES string of the molecule is O=C(Nc1ccc(Br)cc1F)Nc1c(N2CCCC2)c2ccccc2oc1=O. The van der Waals surface area contributed by atoms with Gasteiger partial charge in [-0.3, -0.25) is 5.32 Å². The summed E-state index contributed by atoms with van der Waals surface area (Å²) >= 11 is 3.17. The summed E-state index contributed by atoms with van der Waals surface area (Å²) in [5.41, 5.74) is 0.506. The summed E-state index contributed by atoms with van der Waals surface area (Å²) in [5.74, 6) is -0.588. The lowest BCUT2D eigenvalue weighted by molar-refractivity contribution is 0.262. The number of nitrogens with zero attached hydrogens (tertiary/aromatic N) is 1. The van der Waals surface area contributed by atoms with Crippen molar-refractivity contribution in [2.24, 2.45) is 0 Å². The van der Waals surface area contributed by atoms with Crippen molar-refractivity contribution in [2.75, 3.05) is 28.6 Å². The van der Waals surface area contributed by atoms with Gasteiger partial charge in [0.25, 0.3) is 0 Å². The summed E-state index contributed by atoms with van der Waals surface area (Å²) in [5, 5.41) is 5.74. The molecule has 2 aromatic carbocycles. The van der Waals surface area contributed by atoms with E-state index in [-0.39, 0.29) is 11.4 Å². The van der Waals surface area contributed by atoms with E-state index in [1.807, 2.05) is 12.1 Å². The molecule has 2 heterocycles. The van der Waals surface area contributed by atoms with Gasteiger partial charge in [-0.15, -0.1) is 0 Å². The van der Waals surface area contributed by atoms with E-state index < -0.39 is 17.5 Å². The number of urea groups is 1. The fraction of sp³-hybridized carbons (Fsp3) is 0.200. The monoisotopic (exact) mass is 445 g/mol. The molecule has 28 heavy (non-hydrogen) atoms. The number of para-hydroxylation sites is 1. The third-order valence-corrected chi connectivity index (χ3v) is 5.12. The Balaban J connectivity index is 1.71. The normalized spacial score (nSPS) is 13.7. The Morgan fingerprint density at radius 1 is 1.11 bits per heavy atom. The summed E-state index contributed by atoms with van der Waals surface area (Å²) in [7, 11) is 0. The first-order chi connectivity index (χ1) is 13.5. The lowest BCUT2D eigenvalue weighted by Gasteiger charge is -2.22. The van der Waals surface area contributed by atoms with Crippen LogP contribution < -0.4 is 21.2 Å². The molecular weight excluding hydrogens is 429 g/mol. The molecule has 0 atom stereocenters. The molecule has 0 saturated carbocycles. The highest BCUT2D eigenvalue weighted by Crippen LogP contribution is 2.34. The number of nitrogens with one attached hydrogen (secondary N) is 2. The summed E-state index contributed by atoms with van der Waals surface area (Å²) in [4.78, 5) is 27.1. The van der Waals surface area contributed by atoms with E-state index in [2.05, 4.69) is 31.5 Å². The fourth-order valence-corrected chi connectivity index (χ4v) is 3.70. The molecule has 4 rings (SSSR count). The Morgan fingerprint density at radius 2 is 1.86 bits per heavy atom. The van der Waals surface area contributed by atoms with Crippen molar-refractivity contribution in [1.29, 1.82) is 0 Å². The first-order valence-electron chi connectivity index (χ1n) is 8.87. The molecule has 0 spiro atoms. The van der Waals surface area contributed by atoms with E-state index in [1.54, 1.807) is 18.2 Å². The van der Waals surface area contributed by atoms with Gasteiger partial charge in [0.2, 0.25) is 0 Å². The number of benzene rings is 2. The van der Waals surface area contributed by atoms with Gasteiger partial charge in [0, 0.05) is 22.9 Å². The van der Waals surface area contributed by atoms with E-state index in [4.69, 9.17) is 4.42 Å². The minimum absolute atomic E-state index is 0.00796. The Labute approximate surface area is 168 Å². The average molecular weight is 446 g/mol. The Hall–Kier alpha value is -2.87. The lowest BCUT2D eigenvalue weighted by Crippen LogP contribution is -2.28. The topological polar surface area (TPSA) is 74.6 Å². The Bertz CT molecular complexity index is 1110. The molecule has 1 aliphatic heterocycles. The second-order valence-corrected chi connectivity index (χ2v) is 7.42. The van der Waals surface area contributed by atoms with Crippen LogP contribution in [0, 0.1) is 5.82 Å². The van der Waals surface area contributed by atoms with E-state index in [1.165, 1.54) is 12.1 Å². The van der Waals surface area contributed by atoms with Crippen LogP contribution in [0.1, 0.15) is 12.8 Å². The summed E-state index contributed by atoms with van der Waals surface area (Å²) in [6.45, 7) is 1.57. The van der Waals surface area contributed by atoms with Gasteiger partial charge in [0.15, 0.2) is 5.69 Å². The van der Waals surface area contributed by atoms with Crippen LogP contribution in [0.2, 0.25) is 0 Å². The van der Waals surface area contributed by atoms with Crippen molar-refractivity contribution in [3.05, 3.63) is 63.2 Å². The standard InChI is InChI=1S/C20H17BrFN3O3/c21-12-7-8-15(14(22)11-12)23-20(27)24-17-18(25-9-3-4-10-25)13-5-1-2-6-16(13)28-19(17)26/h1-2,5-8,11H,3-4,9-10H2,(H2,23,24,27). The van der Waals surface area contributed by atoms with Crippen LogP contribution in [0.4, 0.5) is 26.2 Å². The largest absolute Gasteiger partial charge is 0.421 e. The molecule has 144 valence electrons. The van der Waals surface area contributed by atoms with Gasteiger partial charge in [0.1, 0.15) is 11.4 Å². The van der Waals surface area contributed by atoms with E-state index >= 15 is 0 Å². The number of amides is 2. The van der Waals surface area contributed by atoms with Crippen LogP contribution >= 0.6 is 15.9 Å². The van der Waals surface area contributed by atoms with Crippen LogP contribution in [0.5, 0.6) is 0 Å². The fourth-order valence-electron chi connectivity index (χ4n) is 3.37. The molecule has 1 saturated heterocycles. The second kappa shape index (κ2) is 7.63. The van der Waals surface area contributed by atoms with Crippen molar-refractivity contribution in [3.63, 3.8) is 0 Å². The number of halogens is 2. The van der Waals surface area contributed by atoms with Crippen LogP contribution in [-0.4, -0.2) is 19.1 Å². The van der Waals surface area contributed by atoms with Gasteiger partial charge in [-0.05, 0) is 43.2 Å². The molecule has 1 aliphatic rings. The number of carbonyl (C=O) groups is 1. The first kappa shape index (κ1) is 18.5. The minimum atomic E-state index is -0.718. The predicted octanol–water partition coefficient (Wildman–Crippen LogP) is 4.94. The highest BCUT2D eigenvalue weighted by molar-refractivity contribution is 9.10. The third-order valence-electron chi connectivity index (χ3n) is 4.63. The van der Waals surface area contributed by atoms with Gasteiger partial charge in [-0.25, -0.2) is 14.0 Å². The number of carbonyl (C=O) groups excluding carboxylic acids is 1. The molecule has 0 unspecified atom stereocenters. The summed E-state index contributed by atoms with van der Waals surface area (Å²) in [6.07, 6.45) is 2.01. The molecule has 1 fully saturated rings. The molecule has 0 radical (unpaired) electrons. The molecular formula is C20H17BrFN3O3. The molecule has 0 aliphatic carbocycles. The van der Waals surface area contributed by atoms with Gasteiger partial charge in [0.05, 0.1) is 11.4 Å². The molecule has 2 amide bonds. The van der Waals surface area contributed by atoms with Crippen LogP contribution in [0.3, 0.4) is 0 Å². The third kappa shape index (κ3) is 3.60. The van der Waals surface area contributed by atoms with Crippen molar-refractivity contribution >= 4 is 50.0 Å². The van der Waals surface area contributed by atoms with Gasteiger partial charge in [-0.2, -0.15) is 0 Å². The maximum Gasteiger partial charge on any atom is 0.362 e. The van der Waals surface area contributed by atoms with Gasteiger partial charge in [-0.1, -0.05) is 28.1 Å². The van der Waals surface area contributed by atoms with Crippen LogP contribution in [0.25, 0.3) is 11.0 Å². The van der Waals surface area contributed by atoms with Crippen molar-refractivity contribution in [3.8, 4) is 0 Å². The molecule has 1 aromatic heterocycles. The zero-order valence-corrected chi connectivity index (χ0v) is 16.4. The van der Waals surface area contributed by atoms with Crippen LogP contribution in [0.15, 0.2) is 56.1 Å². The van der Waals surface area contributed by atoms with E-state index in [9.17, 15) is 14.0 Å². The van der Waals surface area contributed by atoms with Crippen LogP contribution in [-0.2, 0) is 0 Å². The number of hydrogen-bond acceptors (Lipinski definition) is 4. The number of rotatable bonds is 3. The quantitative estimate of drug-likeness (QED) is 0.559. The smallest absolute Gasteiger partial charge is 0.362 e. The molecule has 8 heteroatoms. The molecule has 0 bridgehead atoms. The second-order valence-electron chi connectivity index (χ2n) is 6.51. The molecule has 2 N–H and O–H groups in total. The Kier molecular flexibility index (Phi) is 5.04. The predicted molar refractivity (Wildman–Crippen MR) is 111 cm³/mol. The zero-order valence-electron chi connectivity index (χ0n) is 14.8. The summed E-state index contributed by atoms with van der Waals surface area (Å²) in [6, 6.07) is 10.8. The maximum atomic E-state index is 14.0. The van der Waals surface area contributed by atoms with Gasteiger partial charge >= 0.3 is 11.7 Å². The number of anilines is 3. The molecule has 3 aromatic rings. The van der Waals surface area contributed by atoms with Crippen molar-refractivity contribution in [2.45, 2.75) is 12.8 Å². The van der Waals surface area contributed by atoms with Gasteiger partial charge < -0.3 is 14.6 Å². The Morgan fingerprint density at radius 3 is 2.61 bits per heavy atom. The maximum absolute atomic E-state index is 14.0. The number of fused-ring (bicyclic) bond motifs is 1. The highest BCUT2D eigenvalue weighted by Gasteiger charge is 2.24.